The van der Waals surface area contributed by atoms with Crippen LogP contribution in [0.25, 0.3) is 0 Å². The summed E-state index contributed by atoms with van der Waals surface area (Å²) in [5.74, 6) is 0.846. The Kier molecular flexibility index (Phi) is 4.95. The first-order chi connectivity index (χ1) is 9.69. The molecule has 2 aromatic rings. The van der Waals surface area contributed by atoms with Gasteiger partial charge in [-0.15, -0.1) is 0 Å². The number of nitrogens with zero attached hydrogens (tertiary/aromatic N) is 2. The molecule has 0 radical (unpaired) electrons. The molecular formula is C14H15N3O2S. The maximum atomic E-state index is 10.6. The van der Waals surface area contributed by atoms with Gasteiger partial charge in [0.25, 0.3) is 5.69 Å². The smallest absolute Gasteiger partial charge is 0.269 e. The van der Waals surface area contributed by atoms with Crippen LogP contribution in [0.15, 0.2) is 52.4 Å². The average Bonchev–Trinajstić information content (AvgIpc) is 2.46. The van der Waals surface area contributed by atoms with Crippen LogP contribution < -0.4 is 5.32 Å². The third-order valence-corrected chi connectivity index (χ3v) is 3.57. The van der Waals surface area contributed by atoms with Crippen molar-refractivity contribution >= 4 is 23.3 Å². The Balaban J connectivity index is 2.07. The van der Waals surface area contributed by atoms with Crippen LogP contribution in [0.2, 0.25) is 0 Å². The first kappa shape index (κ1) is 14.3. The molecular weight excluding hydrogens is 274 g/mol. The quantitative estimate of drug-likeness (QED) is 0.644. The van der Waals surface area contributed by atoms with Crippen LogP contribution in [-0.4, -0.2) is 16.5 Å². The lowest BCUT2D eigenvalue weighted by Gasteiger charge is -2.06. The molecule has 1 aromatic carbocycles. The van der Waals surface area contributed by atoms with Crippen LogP contribution >= 0.6 is 11.8 Å². The predicted molar refractivity (Wildman–Crippen MR) is 80.2 cm³/mol. The molecule has 0 bridgehead atoms. The number of anilines is 1. The van der Waals surface area contributed by atoms with Gasteiger partial charge in [-0.05, 0) is 30.7 Å². The van der Waals surface area contributed by atoms with E-state index in [1.165, 1.54) is 12.1 Å². The van der Waals surface area contributed by atoms with Gasteiger partial charge in [-0.1, -0.05) is 18.7 Å². The lowest BCUT2D eigenvalue weighted by molar-refractivity contribution is -0.384. The fourth-order valence-corrected chi connectivity index (χ4v) is 2.44. The Morgan fingerprint density at radius 3 is 2.65 bits per heavy atom. The standard InChI is InChI=1S/C14H15N3O2S/c1-2-8-15-14-10-13(7-9-16-14)20-12-5-3-11(4-6-12)17(18)19/h3-7,9-10H,2,8H2,1H3,(H,15,16). The van der Waals surface area contributed by atoms with E-state index in [0.717, 1.165) is 28.6 Å². The van der Waals surface area contributed by atoms with E-state index in [9.17, 15) is 10.1 Å². The maximum absolute atomic E-state index is 10.6. The summed E-state index contributed by atoms with van der Waals surface area (Å²) in [5.41, 5.74) is 0.106. The van der Waals surface area contributed by atoms with E-state index in [4.69, 9.17) is 0 Å². The molecule has 0 saturated carbocycles. The zero-order valence-electron chi connectivity index (χ0n) is 11.1. The van der Waals surface area contributed by atoms with Crippen LogP contribution in [-0.2, 0) is 0 Å². The second kappa shape index (κ2) is 6.91. The number of hydrogen-bond donors (Lipinski definition) is 1. The molecule has 5 nitrogen and oxygen atoms in total. The van der Waals surface area contributed by atoms with E-state index in [1.54, 1.807) is 30.1 Å². The van der Waals surface area contributed by atoms with Crippen LogP contribution in [0.1, 0.15) is 13.3 Å². The van der Waals surface area contributed by atoms with E-state index in [1.807, 2.05) is 12.1 Å². The summed E-state index contributed by atoms with van der Waals surface area (Å²) in [5, 5.41) is 13.8. The molecule has 1 N–H and O–H groups in total. The summed E-state index contributed by atoms with van der Waals surface area (Å²) in [7, 11) is 0. The molecule has 0 saturated heterocycles. The molecule has 0 unspecified atom stereocenters. The highest BCUT2D eigenvalue weighted by molar-refractivity contribution is 7.99. The number of hydrogen-bond acceptors (Lipinski definition) is 5. The second-order valence-electron chi connectivity index (χ2n) is 4.16. The fourth-order valence-electron chi connectivity index (χ4n) is 1.60. The van der Waals surface area contributed by atoms with Gasteiger partial charge in [0.05, 0.1) is 4.92 Å². The van der Waals surface area contributed by atoms with Crippen molar-refractivity contribution in [3.05, 3.63) is 52.7 Å². The minimum Gasteiger partial charge on any atom is -0.370 e. The summed E-state index contributed by atoms with van der Waals surface area (Å²) < 4.78 is 0. The van der Waals surface area contributed by atoms with E-state index >= 15 is 0 Å². The normalized spacial score (nSPS) is 10.2. The number of pyridine rings is 1. The molecule has 2 rings (SSSR count). The van der Waals surface area contributed by atoms with Crippen molar-refractivity contribution in [1.82, 2.24) is 4.98 Å². The predicted octanol–water partition coefficient (Wildman–Crippen LogP) is 3.96. The summed E-state index contributed by atoms with van der Waals surface area (Å²) >= 11 is 1.55. The topological polar surface area (TPSA) is 68.1 Å². The van der Waals surface area contributed by atoms with Crippen molar-refractivity contribution < 1.29 is 4.92 Å². The molecule has 104 valence electrons. The molecule has 1 heterocycles. The van der Waals surface area contributed by atoms with Crippen molar-refractivity contribution in [2.45, 2.75) is 23.1 Å². The molecule has 0 aliphatic carbocycles. The number of nitro benzene ring substituents is 1. The Bertz CT molecular complexity index is 587. The van der Waals surface area contributed by atoms with Gasteiger partial charge in [0.2, 0.25) is 0 Å². The number of aromatic nitrogens is 1. The van der Waals surface area contributed by atoms with Crippen LogP contribution in [0.3, 0.4) is 0 Å². The van der Waals surface area contributed by atoms with E-state index in [2.05, 4.69) is 17.2 Å². The van der Waals surface area contributed by atoms with Crippen molar-refractivity contribution in [2.24, 2.45) is 0 Å². The number of non-ortho nitro benzene ring substituents is 1. The molecule has 0 aliphatic rings. The molecule has 0 atom stereocenters. The summed E-state index contributed by atoms with van der Waals surface area (Å²) in [6.07, 6.45) is 2.80. The summed E-state index contributed by atoms with van der Waals surface area (Å²) in [6, 6.07) is 10.4. The monoisotopic (exact) mass is 289 g/mol. The van der Waals surface area contributed by atoms with E-state index in [-0.39, 0.29) is 5.69 Å². The summed E-state index contributed by atoms with van der Waals surface area (Å²) in [6.45, 7) is 2.99. The van der Waals surface area contributed by atoms with Crippen LogP contribution in [0, 0.1) is 10.1 Å². The third kappa shape index (κ3) is 3.96. The molecule has 1 aromatic heterocycles. The van der Waals surface area contributed by atoms with Gasteiger partial charge in [-0.25, -0.2) is 4.98 Å². The lowest BCUT2D eigenvalue weighted by atomic mass is 10.3. The minimum absolute atomic E-state index is 0.106. The van der Waals surface area contributed by atoms with E-state index < -0.39 is 4.92 Å². The highest BCUT2D eigenvalue weighted by Gasteiger charge is 2.05. The molecule has 6 heteroatoms. The van der Waals surface area contributed by atoms with Crippen LogP contribution in [0.4, 0.5) is 11.5 Å². The minimum atomic E-state index is -0.395. The van der Waals surface area contributed by atoms with Crippen LogP contribution in [0.5, 0.6) is 0 Å². The highest BCUT2D eigenvalue weighted by Crippen LogP contribution is 2.29. The lowest BCUT2D eigenvalue weighted by Crippen LogP contribution is -2.01. The van der Waals surface area contributed by atoms with Gasteiger partial charge in [0.1, 0.15) is 5.82 Å². The third-order valence-electron chi connectivity index (χ3n) is 2.57. The average molecular weight is 289 g/mol. The van der Waals surface area contributed by atoms with Gasteiger partial charge >= 0.3 is 0 Å². The highest BCUT2D eigenvalue weighted by atomic mass is 32.2. The van der Waals surface area contributed by atoms with Gasteiger partial charge in [-0.2, -0.15) is 0 Å². The molecule has 0 fully saturated rings. The largest absolute Gasteiger partial charge is 0.370 e. The second-order valence-corrected chi connectivity index (χ2v) is 5.30. The zero-order chi connectivity index (χ0) is 14.4. The first-order valence-electron chi connectivity index (χ1n) is 6.31. The Morgan fingerprint density at radius 1 is 1.25 bits per heavy atom. The first-order valence-corrected chi connectivity index (χ1v) is 7.13. The van der Waals surface area contributed by atoms with Crippen molar-refractivity contribution in [3.63, 3.8) is 0 Å². The SMILES string of the molecule is CCCNc1cc(Sc2ccc([N+](=O)[O-])cc2)ccn1. The number of nitrogens with one attached hydrogen (secondary N) is 1. The van der Waals surface area contributed by atoms with Crippen molar-refractivity contribution in [1.29, 1.82) is 0 Å². The number of rotatable bonds is 6. The Hall–Kier alpha value is -2.08. The maximum Gasteiger partial charge on any atom is 0.269 e. The van der Waals surface area contributed by atoms with Gasteiger partial charge in [0, 0.05) is 34.7 Å². The van der Waals surface area contributed by atoms with Crippen molar-refractivity contribution in [3.8, 4) is 0 Å². The molecule has 0 aliphatic heterocycles. The fraction of sp³-hybridized carbons (Fsp3) is 0.214. The van der Waals surface area contributed by atoms with E-state index in [0.29, 0.717) is 0 Å². The molecule has 0 amide bonds. The summed E-state index contributed by atoms with van der Waals surface area (Å²) in [4.78, 5) is 16.5. The Morgan fingerprint density at radius 2 is 2.00 bits per heavy atom. The molecule has 20 heavy (non-hydrogen) atoms. The number of nitro groups is 1. The zero-order valence-corrected chi connectivity index (χ0v) is 11.9. The molecule has 0 spiro atoms. The van der Waals surface area contributed by atoms with Crippen molar-refractivity contribution in [2.75, 3.05) is 11.9 Å². The van der Waals surface area contributed by atoms with Gasteiger partial charge < -0.3 is 5.32 Å². The Labute approximate surface area is 121 Å². The van der Waals surface area contributed by atoms with Gasteiger partial charge in [-0.3, -0.25) is 10.1 Å². The number of benzene rings is 1. The van der Waals surface area contributed by atoms with Gasteiger partial charge in [0.15, 0.2) is 0 Å².